The number of rotatable bonds is 5. The fourth-order valence-electron chi connectivity index (χ4n) is 5.31. The first-order chi connectivity index (χ1) is 20.2. The largest absolute Gasteiger partial charge is 0.461 e. The molecule has 0 amide bonds. The van der Waals surface area contributed by atoms with E-state index >= 15 is 0 Å². The van der Waals surface area contributed by atoms with Gasteiger partial charge in [-0.25, -0.2) is 14.8 Å². The standard InChI is InChI=1S/C35H34N4O2S/c1-6-41-33(40)32-37-39(28-22-16-24(2)17-23-28)35(42-32)30-15-11-10-14-29(30)31(36-38(35)27-12-8-7-9-13-27)25-18-20-26(21-19-25)34(3,4)5/h7-23H,6H2,1-5H3/t35-/m0/s1. The summed E-state index contributed by atoms with van der Waals surface area (Å²) in [5.41, 5.74) is 7.99. The Bertz CT molecular complexity index is 1680. The first-order valence-corrected chi connectivity index (χ1v) is 15.0. The van der Waals surface area contributed by atoms with Crippen LogP contribution < -0.4 is 10.0 Å². The summed E-state index contributed by atoms with van der Waals surface area (Å²) in [5.74, 6) is -0.450. The summed E-state index contributed by atoms with van der Waals surface area (Å²) in [4.78, 5) is 12.2. The van der Waals surface area contributed by atoms with Crippen molar-refractivity contribution in [1.82, 2.24) is 0 Å². The van der Waals surface area contributed by atoms with Gasteiger partial charge in [0.25, 0.3) is 0 Å². The highest BCUT2D eigenvalue weighted by Gasteiger charge is 2.56. The summed E-state index contributed by atoms with van der Waals surface area (Å²) in [6.07, 6.45) is 0. The molecule has 0 radical (unpaired) electrons. The van der Waals surface area contributed by atoms with Gasteiger partial charge in [0.15, 0.2) is 0 Å². The molecular weight excluding hydrogens is 540 g/mol. The Balaban J connectivity index is 1.61. The van der Waals surface area contributed by atoms with E-state index in [-0.39, 0.29) is 17.1 Å². The molecule has 42 heavy (non-hydrogen) atoms. The third-order valence-corrected chi connectivity index (χ3v) is 8.78. The molecule has 0 aliphatic carbocycles. The van der Waals surface area contributed by atoms with Crippen molar-refractivity contribution in [2.75, 3.05) is 16.6 Å². The van der Waals surface area contributed by atoms with E-state index in [0.717, 1.165) is 39.3 Å². The zero-order chi connectivity index (χ0) is 29.5. The molecule has 2 heterocycles. The van der Waals surface area contributed by atoms with Crippen LogP contribution in [0.25, 0.3) is 0 Å². The molecule has 6 nitrogen and oxygen atoms in total. The Labute approximate surface area is 251 Å². The molecule has 0 saturated heterocycles. The number of benzene rings is 4. The van der Waals surface area contributed by atoms with Crippen LogP contribution in [0.15, 0.2) is 113 Å². The molecule has 2 aliphatic heterocycles. The van der Waals surface area contributed by atoms with Gasteiger partial charge in [-0.05, 0) is 60.9 Å². The third-order valence-electron chi connectivity index (χ3n) is 7.49. The maximum absolute atomic E-state index is 13.2. The predicted octanol–water partition coefficient (Wildman–Crippen LogP) is 7.81. The number of carbonyl (C=O) groups excluding carboxylic acids is 1. The number of nitrogens with zero attached hydrogens (tertiary/aromatic N) is 4. The molecule has 4 aromatic rings. The van der Waals surface area contributed by atoms with E-state index in [1.54, 1.807) is 6.92 Å². The highest BCUT2D eigenvalue weighted by Crippen LogP contribution is 2.55. The molecule has 6 rings (SSSR count). The second kappa shape index (κ2) is 10.8. The van der Waals surface area contributed by atoms with E-state index in [1.165, 1.54) is 17.3 Å². The minimum absolute atomic E-state index is 0.0425. The Morgan fingerprint density at radius 2 is 1.43 bits per heavy atom. The average molecular weight is 575 g/mol. The first-order valence-electron chi connectivity index (χ1n) is 14.2. The molecule has 212 valence electrons. The van der Waals surface area contributed by atoms with Crippen molar-refractivity contribution in [3.8, 4) is 0 Å². The number of fused-ring (bicyclic) bond motifs is 2. The smallest absolute Gasteiger partial charge is 0.365 e. The van der Waals surface area contributed by atoms with Gasteiger partial charge in [-0.1, -0.05) is 105 Å². The first kappa shape index (κ1) is 27.8. The third kappa shape index (κ3) is 4.77. The van der Waals surface area contributed by atoms with Crippen LogP contribution in [0.5, 0.6) is 0 Å². The van der Waals surface area contributed by atoms with Crippen molar-refractivity contribution in [3.05, 3.63) is 131 Å². The zero-order valence-electron chi connectivity index (χ0n) is 24.5. The van der Waals surface area contributed by atoms with E-state index in [4.69, 9.17) is 14.9 Å². The SMILES string of the molecule is CCOC(=O)C1=NN(c2ccc(C)cc2)[C@]2(S1)c1ccccc1C(c1ccc(C(C)(C)C)cc1)=NN2c1ccccc1. The number of hydrogen-bond donors (Lipinski definition) is 0. The summed E-state index contributed by atoms with van der Waals surface area (Å²) in [6, 6.07) is 35.2. The van der Waals surface area contributed by atoms with Crippen LogP contribution in [-0.2, 0) is 19.9 Å². The summed E-state index contributed by atoms with van der Waals surface area (Å²) in [6.45, 7) is 10.8. The molecule has 0 N–H and O–H groups in total. The number of esters is 1. The molecule has 1 atom stereocenters. The van der Waals surface area contributed by atoms with Crippen LogP contribution in [0.2, 0.25) is 0 Å². The highest BCUT2D eigenvalue weighted by atomic mass is 32.2. The number of carbonyl (C=O) groups is 1. The number of ether oxygens (including phenoxy) is 1. The van der Waals surface area contributed by atoms with Gasteiger partial charge in [0, 0.05) is 16.7 Å². The lowest BCUT2D eigenvalue weighted by atomic mass is 9.85. The predicted molar refractivity (Wildman–Crippen MR) is 173 cm³/mol. The highest BCUT2D eigenvalue weighted by molar-refractivity contribution is 8.16. The average Bonchev–Trinajstić information content (AvgIpc) is 3.39. The van der Waals surface area contributed by atoms with Crippen molar-refractivity contribution in [2.45, 2.75) is 45.0 Å². The molecular formula is C35H34N4O2S. The van der Waals surface area contributed by atoms with Crippen LogP contribution >= 0.6 is 11.8 Å². The van der Waals surface area contributed by atoms with E-state index in [9.17, 15) is 4.79 Å². The fraction of sp³-hybridized carbons (Fsp3) is 0.229. The fourth-order valence-corrected chi connectivity index (χ4v) is 6.59. The molecule has 1 spiro atoms. The van der Waals surface area contributed by atoms with E-state index in [2.05, 4.69) is 76.2 Å². The number of hydrogen-bond acceptors (Lipinski definition) is 7. The number of anilines is 2. The van der Waals surface area contributed by atoms with Gasteiger partial charge in [0.2, 0.25) is 10.0 Å². The van der Waals surface area contributed by atoms with Crippen LogP contribution in [-0.4, -0.2) is 23.3 Å². The van der Waals surface area contributed by atoms with Gasteiger partial charge in [0.05, 0.1) is 23.7 Å². The van der Waals surface area contributed by atoms with Gasteiger partial charge >= 0.3 is 5.97 Å². The Kier molecular flexibility index (Phi) is 7.15. The Hall–Kier alpha value is -4.36. The molecule has 2 aliphatic rings. The lowest BCUT2D eigenvalue weighted by Crippen LogP contribution is -2.54. The zero-order valence-corrected chi connectivity index (χ0v) is 25.4. The maximum Gasteiger partial charge on any atom is 0.365 e. The van der Waals surface area contributed by atoms with Gasteiger partial charge in [0.1, 0.15) is 0 Å². The van der Waals surface area contributed by atoms with Gasteiger partial charge in [-0.3, -0.25) is 0 Å². The molecule has 0 unspecified atom stereocenters. The van der Waals surface area contributed by atoms with Crippen LogP contribution in [0.1, 0.15) is 55.5 Å². The monoisotopic (exact) mass is 574 g/mol. The number of para-hydroxylation sites is 1. The van der Waals surface area contributed by atoms with Crippen molar-refractivity contribution in [2.24, 2.45) is 10.2 Å². The number of hydrazone groups is 2. The van der Waals surface area contributed by atoms with Crippen molar-refractivity contribution in [3.63, 3.8) is 0 Å². The van der Waals surface area contributed by atoms with Gasteiger partial charge in [-0.15, -0.1) is 0 Å². The van der Waals surface area contributed by atoms with Crippen LogP contribution in [0, 0.1) is 6.92 Å². The van der Waals surface area contributed by atoms with Crippen molar-refractivity contribution >= 4 is 39.9 Å². The summed E-state index contributed by atoms with van der Waals surface area (Å²) in [5, 5.41) is 14.5. The molecule has 0 bridgehead atoms. The normalized spacial score (nSPS) is 18.0. The lowest BCUT2D eigenvalue weighted by molar-refractivity contribution is -0.134. The van der Waals surface area contributed by atoms with E-state index < -0.39 is 11.0 Å². The quantitative estimate of drug-likeness (QED) is 0.228. The molecule has 0 fully saturated rings. The topological polar surface area (TPSA) is 57.5 Å². The number of aryl methyl sites for hydroxylation is 1. The van der Waals surface area contributed by atoms with Crippen molar-refractivity contribution < 1.29 is 9.53 Å². The van der Waals surface area contributed by atoms with Gasteiger partial charge in [-0.2, -0.15) is 10.2 Å². The van der Waals surface area contributed by atoms with E-state index in [1.807, 2.05) is 64.6 Å². The second-order valence-electron chi connectivity index (χ2n) is 11.5. The minimum Gasteiger partial charge on any atom is -0.461 e. The van der Waals surface area contributed by atoms with Crippen LogP contribution in [0.4, 0.5) is 11.4 Å². The summed E-state index contributed by atoms with van der Waals surface area (Å²) in [7, 11) is 0. The Morgan fingerprint density at radius 3 is 2.10 bits per heavy atom. The second-order valence-corrected chi connectivity index (χ2v) is 12.6. The molecule has 4 aromatic carbocycles. The maximum atomic E-state index is 13.2. The van der Waals surface area contributed by atoms with Gasteiger partial charge < -0.3 is 4.74 Å². The molecule has 7 heteroatoms. The lowest BCUT2D eigenvalue weighted by Gasteiger charge is -2.47. The van der Waals surface area contributed by atoms with Crippen molar-refractivity contribution in [1.29, 1.82) is 0 Å². The van der Waals surface area contributed by atoms with E-state index in [0.29, 0.717) is 0 Å². The Morgan fingerprint density at radius 1 is 0.810 bits per heavy atom. The van der Waals surface area contributed by atoms with Crippen LogP contribution in [0.3, 0.4) is 0 Å². The molecule has 0 saturated carbocycles. The number of thioether (sulfide) groups is 1. The minimum atomic E-state index is -1.02. The molecule has 0 aromatic heterocycles. The summed E-state index contributed by atoms with van der Waals surface area (Å²) >= 11 is 1.36. The summed E-state index contributed by atoms with van der Waals surface area (Å²) < 4.78 is 5.45.